The van der Waals surface area contributed by atoms with E-state index in [9.17, 15) is 20.0 Å². The molecule has 3 aromatic carbocycles. The van der Waals surface area contributed by atoms with Crippen LogP contribution >= 0.6 is 0 Å². The third kappa shape index (κ3) is 4.50. The van der Waals surface area contributed by atoms with Crippen LogP contribution in [0.25, 0.3) is 22.0 Å². The molecule has 32 heavy (non-hydrogen) atoms. The number of ether oxygens (including phenoxy) is 1. The number of fused-ring (bicyclic) bond motifs is 1. The van der Waals surface area contributed by atoms with Crippen LogP contribution in [-0.4, -0.2) is 32.5 Å². The van der Waals surface area contributed by atoms with Gasteiger partial charge in [0, 0.05) is 17.0 Å². The highest BCUT2D eigenvalue weighted by Gasteiger charge is 2.15. The number of benzene rings is 3. The SMILES string of the molecule is Cc1ccc(-c2nn(CC(O)COc3cccc([N+](=O)[O-])c3)c(=O)c3ccccc23)cc1. The maximum Gasteiger partial charge on any atom is 0.274 e. The minimum atomic E-state index is -1.05. The van der Waals surface area contributed by atoms with Gasteiger partial charge in [0.15, 0.2) is 0 Å². The molecule has 1 atom stereocenters. The Morgan fingerprint density at radius 1 is 1.06 bits per heavy atom. The maximum atomic E-state index is 13.0. The molecule has 1 unspecified atom stereocenters. The number of hydrogen-bond acceptors (Lipinski definition) is 6. The molecule has 0 fully saturated rings. The van der Waals surface area contributed by atoms with E-state index in [-0.39, 0.29) is 30.1 Å². The summed E-state index contributed by atoms with van der Waals surface area (Å²) in [4.78, 5) is 23.3. The number of nitro groups is 1. The van der Waals surface area contributed by atoms with Crippen molar-refractivity contribution in [3.63, 3.8) is 0 Å². The molecule has 0 radical (unpaired) electrons. The van der Waals surface area contributed by atoms with Crippen molar-refractivity contribution in [3.8, 4) is 17.0 Å². The second kappa shape index (κ2) is 8.99. The van der Waals surface area contributed by atoms with Crippen LogP contribution in [0.3, 0.4) is 0 Å². The zero-order chi connectivity index (χ0) is 22.7. The van der Waals surface area contributed by atoms with Gasteiger partial charge >= 0.3 is 0 Å². The zero-order valence-corrected chi connectivity index (χ0v) is 17.3. The van der Waals surface area contributed by atoms with Gasteiger partial charge in [0.1, 0.15) is 18.5 Å². The van der Waals surface area contributed by atoms with Crippen LogP contribution in [-0.2, 0) is 6.54 Å². The van der Waals surface area contributed by atoms with Gasteiger partial charge in [0.25, 0.3) is 11.2 Å². The molecule has 0 saturated heterocycles. The number of rotatable bonds is 7. The molecule has 4 aromatic rings. The highest BCUT2D eigenvalue weighted by atomic mass is 16.6. The van der Waals surface area contributed by atoms with E-state index in [2.05, 4.69) is 5.10 Å². The highest BCUT2D eigenvalue weighted by molar-refractivity contribution is 5.93. The average molecular weight is 431 g/mol. The Bertz CT molecular complexity index is 1330. The smallest absolute Gasteiger partial charge is 0.274 e. The van der Waals surface area contributed by atoms with Gasteiger partial charge in [0.2, 0.25) is 0 Å². The van der Waals surface area contributed by atoms with Crippen LogP contribution in [0.5, 0.6) is 5.75 Å². The van der Waals surface area contributed by atoms with Crippen LogP contribution < -0.4 is 10.3 Å². The molecule has 162 valence electrons. The fraction of sp³-hybridized carbons (Fsp3) is 0.167. The largest absolute Gasteiger partial charge is 0.491 e. The van der Waals surface area contributed by atoms with Crippen molar-refractivity contribution in [2.45, 2.75) is 19.6 Å². The quantitative estimate of drug-likeness (QED) is 0.353. The second-order valence-corrected chi connectivity index (χ2v) is 7.47. The summed E-state index contributed by atoms with van der Waals surface area (Å²) < 4.78 is 6.72. The van der Waals surface area contributed by atoms with Gasteiger partial charge in [-0.25, -0.2) is 4.68 Å². The van der Waals surface area contributed by atoms with Crippen molar-refractivity contribution in [1.82, 2.24) is 9.78 Å². The molecular weight excluding hydrogens is 410 g/mol. The molecule has 0 aliphatic rings. The van der Waals surface area contributed by atoms with Crippen LogP contribution in [0, 0.1) is 17.0 Å². The van der Waals surface area contributed by atoms with Crippen LogP contribution in [0.4, 0.5) is 5.69 Å². The van der Waals surface area contributed by atoms with Gasteiger partial charge in [-0.2, -0.15) is 5.10 Å². The lowest BCUT2D eigenvalue weighted by atomic mass is 10.0. The number of nitrogens with zero attached hydrogens (tertiary/aromatic N) is 3. The summed E-state index contributed by atoms with van der Waals surface area (Å²) >= 11 is 0. The van der Waals surface area contributed by atoms with Gasteiger partial charge < -0.3 is 9.84 Å². The third-order valence-corrected chi connectivity index (χ3v) is 5.05. The first-order chi connectivity index (χ1) is 15.4. The molecule has 0 bridgehead atoms. The number of nitro benzene ring substituents is 1. The predicted octanol–water partition coefficient (Wildman–Crippen LogP) is 3.72. The number of aromatic nitrogens is 2. The van der Waals surface area contributed by atoms with Gasteiger partial charge in [-0.3, -0.25) is 14.9 Å². The standard InChI is InChI=1S/C24H21N3O5/c1-16-9-11-17(12-10-16)23-21-7-2-3-8-22(21)24(29)26(25-23)14-19(28)15-32-20-6-4-5-18(13-20)27(30)31/h2-13,19,28H,14-15H2,1H3. The molecule has 8 heteroatoms. The van der Waals surface area contributed by atoms with Gasteiger partial charge in [-0.1, -0.05) is 54.1 Å². The third-order valence-electron chi connectivity index (χ3n) is 5.05. The predicted molar refractivity (Wildman–Crippen MR) is 121 cm³/mol. The lowest BCUT2D eigenvalue weighted by molar-refractivity contribution is -0.384. The monoisotopic (exact) mass is 431 g/mol. The van der Waals surface area contributed by atoms with E-state index in [4.69, 9.17) is 4.74 Å². The molecule has 1 heterocycles. The zero-order valence-electron chi connectivity index (χ0n) is 17.3. The average Bonchev–Trinajstić information content (AvgIpc) is 2.80. The van der Waals surface area contributed by atoms with E-state index in [0.29, 0.717) is 11.1 Å². The van der Waals surface area contributed by atoms with E-state index in [1.807, 2.05) is 43.3 Å². The summed E-state index contributed by atoms with van der Waals surface area (Å²) in [5, 5.41) is 27.1. The second-order valence-electron chi connectivity index (χ2n) is 7.47. The Morgan fingerprint density at radius 2 is 1.78 bits per heavy atom. The van der Waals surface area contributed by atoms with Crippen molar-refractivity contribution < 1.29 is 14.8 Å². The Hall–Kier alpha value is -4.04. The fourth-order valence-electron chi connectivity index (χ4n) is 3.42. The topological polar surface area (TPSA) is 107 Å². The van der Waals surface area contributed by atoms with E-state index in [1.165, 1.54) is 22.9 Å². The lowest BCUT2D eigenvalue weighted by Gasteiger charge is -2.15. The maximum absolute atomic E-state index is 13.0. The summed E-state index contributed by atoms with van der Waals surface area (Å²) in [5.41, 5.74) is 2.20. The lowest BCUT2D eigenvalue weighted by Crippen LogP contribution is -2.32. The number of aryl methyl sites for hydroxylation is 1. The molecule has 8 nitrogen and oxygen atoms in total. The molecule has 4 rings (SSSR count). The molecule has 0 amide bonds. The van der Waals surface area contributed by atoms with Crippen LogP contribution in [0.2, 0.25) is 0 Å². The van der Waals surface area contributed by atoms with Crippen molar-refractivity contribution >= 4 is 16.5 Å². The number of non-ortho nitro benzene ring substituents is 1. The number of aliphatic hydroxyl groups is 1. The normalized spacial score (nSPS) is 11.9. The first-order valence-corrected chi connectivity index (χ1v) is 10.0. The first-order valence-electron chi connectivity index (χ1n) is 10.0. The van der Waals surface area contributed by atoms with E-state index < -0.39 is 11.0 Å². The molecule has 0 aliphatic carbocycles. The fourth-order valence-corrected chi connectivity index (χ4v) is 3.42. The summed E-state index contributed by atoms with van der Waals surface area (Å²) in [5.74, 6) is 0.261. The summed E-state index contributed by atoms with van der Waals surface area (Å²) in [6.45, 7) is 1.76. The van der Waals surface area contributed by atoms with Crippen LogP contribution in [0.1, 0.15) is 5.56 Å². The van der Waals surface area contributed by atoms with E-state index in [0.717, 1.165) is 16.5 Å². The summed E-state index contributed by atoms with van der Waals surface area (Å²) in [7, 11) is 0. The molecule has 0 saturated carbocycles. The van der Waals surface area contributed by atoms with Crippen molar-refractivity contribution in [2.75, 3.05) is 6.61 Å². The minimum Gasteiger partial charge on any atom is -0.491 e. The molecular formula is C24H21N3O5. The van der Waals surface area contributed by atoms with Gasteiger partial charge in [-0.15, -0.1) is 0 Å². The van der Waals surface area contributed by atoms with Gasteiger partial charge in [0.05, 0.1) is 28.6 Å². The van der Waals surface area contributed by atoms with E-state index in [1.54, 1.807) is 18.2 Å². The molecule has 1 aromatic heterocycles. The molecule has 0 aliphatic heterocycles. The van der Waals surface area contributed by atoms with Crippen LogP contribution in [0.15, 0.2) is 77.6 Å². The Morgan fingerprint density at radius 3 is 2.50 bits per heavy atom. The van der Waals surface area contributed by atoms with Gasteiger partial charge in [-0.05, 0) is 19.1 Å². The van der Waals surface area contributed by atoms with Crippen molar-refractivity contribution in [2.24, 2.45) is 0 Å². The number of hydrogen-bond donors (Lipinski definition) is 1. The Balaban J connectivity index is 1.60. The summed E-state index contributed by atoms with van der Waals surface area (Å²) in [6, 6.07) is 20.8. The molecule has 0 spiro atoms. The number of aliphatic hydroxyl groups excluding tert-OH is 1. The Kier molecular flexibility index (Phi) is 5.96. The van der Waals surface area contributed by atoms with Crippen molar-refractivity contribution in [3.05, 3.63) is 98.8 Å². The highest BCUT2D eigenvalue weighted by Crippen LogP contribution is 2.25. The summed E-state index contributed by atoms with van der Waals surface area (Å²) in [6.07, 6.45) is -1.05. The Labute approximate surface area is 183 Å². The van der Waals surface area contributed by atoms with Crippen molar-refractivity contribution in [1.29, 1.82) is 0 Å². The molecule has 1 N–H and O–H groups in total. The first kappa shape index (κ1) is 21.2. The minimum absolute atomic E-state index is 0.0859. The van der Waals surface area contributed by atoms with E-state index >= 15 is 0 Å².